The molecule has 1 fully saturated rings. The first-order valence-corrected chi connectivity index (χ1v) is 8.32. The molecule has 2 unspecified atom stereocenters. The highest BCUT2D eigenvalue weighted by atomic mass is 19.4. The molecule has 5 heteroatoms. The maximum absolute atomic E-state index is 13.3. The first-order valence-electron chi connectivity index (χ1n) is 8.32. The Labute approximate surface area is 135 Å². The summed E-state index contributed by atoms with van der Waals surface area (Å²) >= 11 is 0. The van der Waals surface area contributed by atoms with E-state index in [0.29, 0.717) is 38.3 Å². The molecular weight excluding hydrogens is 306 g/mol. The molecule has 130 valence electrons. The molecule has 2 atom stereocenters. The van der Waals surface area contributed by atoms with E-state index >= 15 is 0 Å². The van der Waals surface area contributed by atoms with E-state index in [4.69, 9.17) is 0 Å². The lowest BCUT2D eigenvalue weighted by molar-refractivity contribution is -0.148. The summed E-state index contributed by atoms with van der Waals surface area (Å²) in [6.45, 7) is 4.14. The molecule has 1 heterocycles. The molecule has 23 heavy (non-hydrogen) atoms. The molecule has 0 amide bonds. The van der Waals surface area contributed by atoms with Crippen LogP contribution in [0, 0.1) is 11.8 Å². The fourth-order valence-electron chi connectivity index (χ4n) is 3.76. The lowest BCUT2D eigenvalue weighted by atomic mass is 9.87. The van der Waals surface area contributed by atoms with Crippen molar-refractivity contribution in [1.29, 1.82) is 0 Å². The monoisotopic (exact) mass is 331 g/mol. The van der Waals surface area contributed by atoms with Crippen LogP contribution < -0.4 is 0 Å². The summed E-state index contributed by atoms with van der Waals surface area (Å²) in [5, 5.41) is 0. The number of alkyl halides is 3. The highest BCUT2D eigenvalue weighted by Gasteiger charge is 2.39. The molecule has 0 aromatic heterocycles. The highest BCUT2D eigenvalue weighted by molar-refractivity contribution is 5.29. The number of fused-ring (bicyclic) bond motifs is 1. The lowest BCUT2D eigenvalue weighted by Crippen LogP contribution is -2.42. The van der Waals surface area contributed by atoms with Crippen molar-refractivity contribution in [2.75, 3.05) is 19.6 Å². The number of hydrogen-bond donors (Lipinski definition) is 0. The molecule has 0 radical (unpaired) electrons. The number of piperidine rings is 1. The van der Waals surface area contributed by atoms with E-state index < -0.39 is 12.7 Å². The second-order valence-corrected chi connectivity index (χ2v) is 6.62. The van der Waals surface area contributed by atoms with E-state index in [9.17, 15) is 17.6 Å². The van der Waals surface area contributed by atoms with Crippen molar-refractivity contribution in [3.05, 3.63) is 35.2 Å². The second kappa shape index (κ2) is 7.65. The zero-order chi connectivity index (χ0) is 17.0. The van der Waals surface area contributed by atoms with Gasteiger partial charge in [0.05, 0.1) is 6.54 Å². The Bertz CT molecular complexity index is 502. The molecule has 1 aliphatic heterocycles. The Kier molecular flexibility index (Phi) is 6.06. The van der Waals surface area contributed by atoms with Crippen molar-refractivity contribution in [2.45, 2.75) is 45.7 Å². The third-order valence-electron chi connectivity index (χ3n) is 4.75. The summed E-state index contributed by atoms with van der Waals surface area (Å²) in [4.78, 5) is 1.52. The van der Waals surface area contributed by atoms with Crippen LogP contribution in [0.5, 0.6) is 0 Å². The number of nitrogens with zero attached hydrogens (tertiary/aromatic N) is 1. The molecule has 0 aromatic rings. The van der Waals surface area contributed by atoms with Crippen molar-refractivity contribution in [1.82, 2.24) is 4.90 Å². The maximum Gasteiger partial charge on any atom is 0.401 e. The average Bonchev–Trinajstić information content (AvgIpc) is 2.74. The summed E-state index contributed by atoms with van der Waals surface area (Å²) < 4.78 is 51.0. The van der Waals surface area contributed by atoms with Crippen LogP contribution in [0.15, 0.2) is 35.2 Å². The van der Waals surface area contributed by atoms with E-state index in [1.165, 1.54) is 28.2 Å². The third kappa shape index (κ3) is 5.20. The van der Waals surface area contributed by atoms with E-state index in [1.54, 1.807) is 0 Å². The number of halogens is 4. The van der Waals surface area contributed by atoms with Gasteiger partial charge in [-0.1, -0.05) is 31.1 Å². The average molecular weight is 331 g/mol. The van der Waals surface area contributed by atoms with E-state index in [1.807, 2.05) is 13.0 Å². The molecule has 1 aliphatic carbocycles. The fourth-order valence-corrected chi connectivity index (χ4v) is 3.76. The summed E-state index contributed by atoms with van der Waals surface area (Å²) in [5.74, 6) is 0.381. The second-order valence-electron chi connectivity index (χ2n) is 6.62. The van der Waals surface area contributed by atoms with Crippen LogP contribution in [-0.4, -0.2) is 30.7 Å². The van der Waals surface area contributed by atoms with Crippen LogP contribution in [0.4, 0.5) is 17.6 Å². The lowest BCUT2D eigenvalue weighted by Gasteiger charge is -2.35. The minimum absolute atomic E-state index is 0.222. The Hall–Kier alpha value is -1.10. The van der Waals surface area contributed by atoms with Gasteiger partial charge in [-0.25, -0.2) is 4.39 Å². The SMILES string of the molecule is CC/C=C(F)\C=C/CC1=C2CCN(CC(F)(F)F)CC2C(C)C1. The Balaban J connectivity index is 1.99. The molecule has 2 rings (SSSR count). The zero-order valence-electron chi connectivity index (χ0n) is 13.8. The first kappa shape index (κ1) is 18.2. The van der Waals surface area contributed by atoms with E-state index in [2.05, 4.69) is 6.92 Å². The van der Waals surface area contributed by atoms with Gasteiger partial charge in [0.2, 0.25) is 0 Å². The van der Waals surface area contributed by atoms with Gasteiger partial charge in [0, 0.05) is 13.1 Å². The van der Waals surface area contributed by atoms with Gasteiger partial charge < -0.3 is 0 Å². The molecule has 2 aliphatic rings. The van der Waals surface area contributed by atoms with Gasteiger partial charge in [0.1, 0.15) is 5.83 Å². The molecule has 1 nitrogen and oxygen atoms in total. The van der Waals surface area contributed by atoms with Gasteiger partial charge in [-0.05, 0) is 49.7 Å². The van der Waals surface area contributed by atoms with Gasteiger partial charge in [-0.15, -0.1) is 0 Å². The van der Waals surface area contributed by atoms with Crippen molar-refractivity contribution in [3.63, 3.8) is 0 Å². The molecule has 0 spiro atoms. The standard InChI is InChI=1S/C18H25F4N/c1-3-5-15(19)7-4-6-14-10-13(2)17-11-23(9-8-16(14)17)12-18(20,21)22/h4-5,7,13,17H,3,6,8-12H2,1-2H3/b7-4-,15-5+. The smallest absolute Gasteiger partial charge is 0.294 e. The van der Waals surface area contributed by atoms with Crippen molar-refractivity contribution >= 4 is 0 Å². The number of allylic oxidation sites excluding steroid dienone is 5. The fraction of sp³-hybridized carbons (Fsp3) is 0.667. The van der Waals surface area contributed by atoms with E-state index in [0.717, 1.165) is 6.42 Å². The van der Waals surface area contributed by atoms with Gasteiger partial charge in [-0.2, -0.15) is 13.2 Å². The summed E-state index contributed by atoms with van der Waals surface area (Å²) in [7, 11) is 0. The predicted octanol–water partition coefficient (Wildman–Crippen LogP) is 5.42. The first-order chi connectivity index (χ1) is 10.8. The molecular formula is C18H25F4N. The van der Waals surface area contributed by atoms with Crippen LogP contribution in [0.2, 0.25) is 0 Å². The number of likely N-dealkylation sites (tertiary alicyclic amines) is 1. The van der Waals surface area contributed by atoms with Crippen LogP contribution >= 0.6 is 0 Å². The van der Waals surface area contributed by atoms with Gasteiger partial charge in [0.25, 0.3) is 0 Å². The van der Waals surface area contributed by atoms with Gasteiger partial charge >= 0.3 is 6.18 Å². The zero-order valence-corrected chi connectivity index (χ0v) is 13.8. The Morgan fingerprint density at radius 1 is 1.35 bits per heavy atom. The van der Waals surface area contributed by atoms with Gasteiger partial charge in [0.15, 0.2) is 0 Å². The predicted molar refractivity (Wildman–Crippen MR) is 84.6 cm³/mol. The minimum Gasteiger partial charge on any atom is -0.294 e. The van der Waals surface area contributed by atoms with Crippen LogP contribution in [0.25, 0.3) is 0 Å². The maximum atomic E-state index is 13.3. The largest absolute Gasteiger partial charge is 0.401 e. The summed E-state index contributed by atoms with van der Waals surface area (Å²) in [6, 6.07) is 0. The van der Waals surface area contributed by atoms with Crippen molar-refractivity contribution < 1.29 is 17.6 Å². The van der Waals surface area contributed by atoms with Gasteiger partial charge in [-0.3, -0.25) is 4.90 Å². The Morgan fingerprint density at radius 3 is 2.74 bits per heavy atom. The topological polar surface area (TPSA) is 3.24 Å². The minimum atomic E-state index is -4.13. The van der Waals surface area contributed by atoms with Crippen LogP contribution in [-0.2, 0) is 0 Å². The van der Waals surface area contributed by atoms with E-state index in [-0.39, 0.29) is 11.7 Å². The van der Waals surface area contributed by atoms with Crippen LogP contribution in [0.1, 0.15) is 39.5 Å². The third-order valence-corrected chi connectivity index (χ3v) is 4.75. The number of hydrogen-bond acceptors (Lipinski definition) is 1. The normalized spacial score (nSPS) is 27.1. The molecule has 1 saturated heterocycles. The molecule has 0 aromatic carbocycles. The molecule has 0 saturated carbocycles. The summed E-state index contributed by atoms with van der Waals surface area (Å²) in [5.41, 5.74) is 2.62. The Morgan fingerprint density at radius 2 is 2.09 bits per heavy atom. The number of rotatable bonds is 5. The molecule has 0 N–H and O–H groups in total. The van der Waals surface area contributed by atoms with Crippen molar-refractivity contribution in [2.24, 2.45) is 11.8 Å². The van der Waals surface area contributed by atoms with Crippen LogP contribution in [0.3, 0.4) is 0 Å². The molecule has 0 bridgehead atoms. The quantitative estimate of drug-likeness (QED) is 0.369. The highest BCUT2D eigenvalue weighted by Crippen LogP contribution is 2.43. The summed E-state index contributed by atoms with van der Waals surface area (Å²) in [6.07, 6.45) is 3.74. The van der Waals surface area contributed by atoms with Crippen molar-refractivity contribution in [3.8, 4) is 0 Å².